The lowest BCUT2D eigenvalue weighted by Gasteiger charge is -2.25. The molecule has 7 nitrogen and oxygen atoms in total. The molecule has 0 bridgehead atoms. The van der Waals surface area contributed by atoms with E-state index in [1.165, 1.54) is 17.0 Å². The number of nitrogens with one attached hydrogen (secondary N) is 1. The van der Waals surface area contributed by atoms with Crippen LogP contribution in [-0.4, -0.2) is 43.5 Å². The van der Waals surface area contributed by atoms with Crippen molar-refractivity contribution in [3.8, 4) is 0 Å². The molecule has 1 fully saturated rings. The fourth-order valence-electron chi connectivity index (χ4n) is 3.67. The van der Waals surface area contributed by atoms with Crippen molar-refractivity contribution in [1.29, 1.82) is 0 Å². The van der Waals surface area contributed by atoms with Crippen LogP contribution in [0.15, 0.2) is 42.5 Å². The molecule has 4 rings (SSSR count). The predicted octanol–water partition coefficient (Wildman–Crippen LogP) is 4.42. The maximum atomic E-state index is 14.1. The van der Waals surface area contributed by atoms with E-state index in [2.05, 4.69) is 15.5 Å². The maximum Gasteiger partial charge on any atom is 0.322 e. The molecule has 2 N–H and O–H groups in total. The molecule has 31 heavy (non-hydrogen) atoms. The molecule has 1 aromatic heterocycles. The van der Waals surface area contributed by atoms with E-state index in [0.717, 1.165) is 11.6 Å². The molecule has 1 saturated heterocycles. The number of hydrogen-bond acceptors (Lipinski definition) is 4. The number of aliphatic hydroxyl groups excluding tert-OH is 1. The standard InChI is InChI=1S/C21H20Cl2FN5O2/c1-12-26-27-20(28(12)10-13-2-4-14(22)5-3-13)19-9-16(30)11-29(19)21(31)25-18-7-6-15(23)8-17(18)24/h2-8,16,19,30H,9-11H2,1H3,(H,25,31)/t16-,19-/m1/s1. The summed E-state index contributed by atoms with van der Waals surface area (Å²) in [6, 6.07) is 10.4. The number of aromatic nitrogens is 3. The van der Waals surface area contributed by atoms with E-state index in [4.69, 9.17) is 23.2 Å². The Kier molecular flexibility index (Phi) is 6.13. The molecular formula is C21H20Cl2FN5O2. The Morgan fingerprint density at radius 2 is 1.90 bits per heavy atom. The fraction of sp³-hybridized carbons (Fsp3) is 0.286. The summed E-state index contributed by atoms with van der Waals surface area (Å²) in [6.07, 6.45) is -0.429. The van der Waals surface area contributed by atoms with Gasteiger partial charge in [0.1, 0.15) is 11.6 Å². The Hall–Kier alpha value is -2.68. The lowest BCUT2D eigenvalue weighted by Crippen LogP contribution is -2.36. The number of β-amino-alcohol motifs (C(OH)–C–C–N with tert-alkyl or cyclic N) is 1. The van der Waals surface area contributed by atoms with Crippen LogP contribution in [0.2, 0.25) is 10.0 Å². The zero-order valence-electron chi connectivity index (χ0n) is 16.6. The molecule has 3 aromatic rings. The molecule has 0 saturated carbocycles. The van der Waals surface area contributed by atoms with Gasteiger partial charge in [0.2, 0.25) is 0 Å². The van der Waals surface area contributed by atoms with E-state index in [1.54, 1.807) is 12.1 Å². The first-order chi connectivity index (χ1) is 14.8. The minimum absolute atomic E-state index is 0.00773. The third kappa shape index (κ3) is 4.66. The lowest BCUT2D eigenvalue weighted by molar-refractivity contribution is 0.175. The second-order valence-electron chi connectivity index (χ2n) is 7.43. The van der Waals surface area contributed by atoms with Gasteiger partial charge in [-0.3, -0.25) is 0 Å². The second kappa shape index (κ2) is 8.82. The number of aryl methyl sites for hydroxylation is 1. The van der Waals surface area contributed by atoms with E-state index in [9.17, 15) is 14.3 Å². The van der Waals surface area contributed by atoms with Crippen molar-refractivity contribution in [2.75, 3.05) is 11.9 Å². The Balaban J connectivity index is 1.59. The molecule has 10 heteroatoms. The molecular weight excluding hydrogens is 444 g/mol. The summed E-state index contributed by atoms with van der Waals surface area (Å²) in [6.45, 7) is 2.41. The summed E-state index contributed by atoms with van der Waals surface area (Å²) in [5.41, 5.74) is 1.000. The molecule has 2 heterocycles. The van der Waals surface area contributed by atoms with Gasteiger partial charge in [-0.1, -0.05) is 35.3 Å². The summed E-state index contributed by atoms with van der Waals surface area (Å²) in [7, 11) is 0. The molecule has 162 valence electrons. The van der Waals surface area contributed by atoms with Crippen LogP contribution in [0.5, 0.6) is 0 Å². The van der Waals surface area contributed by atoms with Gasteiger partial charge in [-0.05, 0) is 42.8 Å². The third-order valence-electron chi connectivity index (χ3n) is 5.23. The van der Waals surface area contributed by atoms with Crippen LogP contribution in [0, 0.1) is 12.7 Å². The molecule has 1 aliphatic rings. The van der Waals surface area contributed by atoms with Crippen LogP contribution in [0.3, 0.4) is 0 Å². The van der Waals surface area contributed by atoms with Crippen molar-refractivity contribution in [2.24, 2.45) is 0 Å². The van der Waals surface area contributed by atoms with Crippen LogP contribution >= 0.6 is 23.2 Å². The zero-order valence-corrected chi connectivity index (χ0v) is 18.1. The fourth-order valence-corrected chi connectivity index (χ4v) is 3.96. The zero-order chi connectivity index (χ0) is 22.1. The number of carbonyl (C=O) groups is 1. The minimum atomic E-state index is -0.730. The number of hydrogen-bond donors (Lipinski definition) is 2. The van der Waals surface area contributed by atoms with E-state index in [1.807, 2.05) is 23.6 Å². The number of aliphatic hydroxyl groups is 1. The second-order valence-corrected chi connectivity index (χ2v) is 8.30. The van der Waals surface area contributed by atoms with Crippen molar-refractivity contribution in [2.45, 2.75) is 32.0 Å². The van der Waals surface area contributed by atoms with Crippen molar-refractivity contribution in [3.05, 3.63) is 75.5 Å². The van der Waals surface area contributed by atoms with Gasteiger partial charge in [-0.2, -0.15) is 0 Å². The summed E-state index contributed by atoms with van der Waals surface area (Å²) in [5.74, 6) is 0.588. The van der Waals surface area contributed by atoms with E-state index in [-0.39, 0.29) is 17.3 Å². The quantitative estimate of drug-likeness (QED) is 0.599. The molecule has 0 aliphatic carbocycles. The average molecular weight is 464 g/mol. The normalized spacial score (nSPS) is 18.4. The van der Waals surface area contributed by atoms with Crippen LogP contribution < -0.4 is 5.32 Å². The number of nitrogens with zero attached hydrogens (tertiary/aromatic N) is 4. The predicted molar refractivity (Wildman–Crippen MR) is 116 cm³/mol. The van der Waals surface area contributed by atoms with Crippen molar-refractivity contribution >= 4 is 34.9 Å². The number of rotatable bonds is 4. The maximum absolute atomic E-state index is 14.1. The van der Waals surface area contributed by atoms with E-state index >= 15 is 0 Å². The Labute approximate surface area is 188 Å². The van der Waals surface area contributed by atoms with Crippen LogP contribution in [0.25, 0.3) is 0 Å². The molecule has 1 aliphatic heterocycles. The highest BCUT2D eigenvalue weighted by Gasteiger charge is 2.38. The van der Waals surface area contributed by atoms with Gasteiger partial charge in [-0.25, -0.2) is 9.18 Å². The minimum Gasteiger partial charge on any atom is -0.391 e. The smallest absolute Gasteiger partial charge is 0.322 e. The van der Waals surface area contributed by atoms with Crippen molar-refractivity contribution in [1.82, 2.24) is 19.7 Å². The molecule has 2 aromatic carbocycles. The third-order valence-corrected chi connectivity index (χ3v) is 5.72. The first kappa shape index (κ1) is 21.5. The summed E-state index contributed by atoms with van der Waals surface area (Å²) in [5, 5.41) is 22.1. The Bertz CT molecular complexity index is 1110. The number of amides is 2. The highest BCUT2D eigenvalue weighted by molar-refractivity contribution is 6.30. The van der Waals surface area contributed by atoms with E-state index < -0.39 is 24.0 Å². The Morgan fingerprint density at radius 1 is 1.19 bits per heavy atom. The highest BCUT2D eigenvalue weighted by Crippen LogP contribution is 2.33. The highest BCUT2D eigenvalue weighted by atomic mass is 35.5. The first-order valence-corrected chi connectivity index (χ1v) is 10.4. The van der Waals surface area contributed by atoms with Crippen LogP contribution in [-0.2, 0) is 6.54 Å². The lowest BCUT2D eigenvalue weighted by atomic mass is 10.1. The summed E-state index contributed by atoms with van der Waals surface area (Å²) >= 11 is 11.7. The average Bonchev–Trinajstić information content (AvgIpc) is 3.28. The molecule has 0 radical (unpaired) electrons. The molecule has 0 spiro atoms. The largest absolute Gasteiger partial charge is 0.391 e. The van der Waals surface area contributed by atoms with Crippen molar-refractivity contribution < 1.29 is 14.3 Å². The van der Waals surface area contributed by atoms with Gasteiger partial charge in [0.05, 0.1) is 24.4 Å². The summed E-state index contributed by atoms with van der Waals surface area (Å²) in [4.78, 5) is 14.4. The van der Waals surface area contributed by atoms with Gasteiger partial charge >= 0.3 is 6.03 Å². The van der Waals surface area contributed by atoms with Crippen LogP contribution in [0.4, 0.5) is 14.9 Å². The van der Waals surface area contributed by atoms with Gasteiger partial charge < -0.3 is 19.9 Å². The van der Waals surface area contributed by atoms with Crippen molar-refractivity contribution in [3.63, 3.8) is 0 Å². The van der Waals surface area contributed by atoms with Gasteiger partial charge in [0.25, 0.3) is 0 Å². The summed E-state index contributed by atoms with van der Waals surface area (Å²) < 4.78 is 16.0. The number of carbonyl (C=O) groups excluding carboxylic acids is 1. The first-order valence-electron chi connectivity index (χ1n) is 9.66. The van der Waals surface area contributed by atoms with E-state index in [0.29, 0.717) is 29.6 Å². The van der Waals surface area contributed by atoms with Gasteiger partial charge in [-0.15, -0.1) is 10.2 Å². The number of benzene rings is 2. The molecule has 2 amide bonds. The Morgan fingerprint density at radius 3 is 2.61 bits per heavy atom. The van der Waals surface area contributed by atoms with Gasteiger partial charge in [0.15, 0.2) is 5.82 Å². The molecule has 2 atom stereocenters. The number of halogens is 3. The molecule has 0 unspecified atom stereocenters. The monoisotopic (exact) mass is 463 g/mol. The number of urea groups is 1. The van der Waals surface area contributed by atoms with Gasteiger partial charge in [0, 0.05) is 23.0 Å². The SMILES string of the molecule is Cc1nnc([C@H]2C[C@@H](O)CN2C(=O)Nc2ccc(Cl)cc2F)n1Cc1ccc(Cl)cc1. The topological polar surface area (TPSA) is 83.3 Å². The van der Waals surface area contributed by atoms with Crippen LogP contribution in [0.1, 0.15) is 29.7 Å². The number of likely N-dealkylation sites (tertiary alicyclic amines) is 1. The number of anilines is 1.